The number of fused-ring (bicyclic) bond motifs is 3. The maximum absolute atomic E-state index is 15.1. The van der Waals surface area contributed by atoms with Gasteiger partial charge in [0.1, 0.15) is 23.5 Å². The summed E-state index contributed by atoms with van der Waals surface area (Å²) in [6, 6.07) is 15.5. The lowest BCUT2D eigenvalue weighted by molar-refractivity contribution is 0.0636. The lowest BCUT2D eigenvalue weighted by Gasteiger charge is -2.41. The number of carbonyl (C=O) groups is 1. The van der Waals surface area contributed by atoms with Crippen molar-refractivity contribution in [3.05, 3.63) is 93.3 Å². The number of carbonyl (C=O) groups excluding carboxylic acids is 1. The molecule has 2 aromatic carbocycles. The molecule has 212 valence electrons. The van der Waals surface area contributed by atoms with Crippen molar-refractivity contribution in [1.82, 2.24) is 20.1 Å². The highest BCUT2D eigenvalue weighted by Crippen LogP contribution is 2.34. The van der Waals surface area contributed by atoms with Crippen LogP contribution in [0, 0.1) is 17.1 Å². The van der Waals surface area contributed by atoms with Crippen molar-refractivity contribution in [2.45, 2.75) is 56.7 Å². The van der Waals surface area contributed by atoms with Crippen LogP contribution in [0.3, 0.4) is 0 Å². The van der Waals surface area contributed by atoms with E-state index in [-0.39, 0.29) is 35.2 Å². The van der Waals surface area contributed by atoms with Crippen LogP contribution < -0.4 is 15.2 Å². The Hall–Kier alpha value is -4.78. The number of H-pyrrole nitrogens is 1. The van der Waals surface area contributed by atoms with Gasteiger partial charge in [-0.05, 0) is 80.1 Å². The molecule has 1 saturated carbocycles. The van der Waals surface area contributed by atoms with Crippen LogP contribution >= 0.6 is 0 Å². The molecule has 2 saturated heterocycles. The van der Waals surface area contributed by atoms with Gasteiger partial charge in [0, 0.05) is 31.1 Å². The average Bonchev–Trinajstić information content (AvgIpc) is 3.25. The Morgan fingerprint density at radius 1 is 1.05 bits per heavy atom. The number of piperazine rings is 1. The number of aromatic amines is 1. The minimum atomic E-state index is -0.560. The lowest BCUT2D eigenvalue weighted by Crippen LogP contribution is -2.56. The number of hydrogen-bond acceptors (Lipinski definition) is 7. The topological polar surface area (TPSA) is 115 Å². The SMILES string of the molecule is N#Cc1ccc(N2C[C@H]3CC[C@@H](C2)N3C(=O)c2cc(Cc3n[nH]c(=O)c4ccc(OC5CCC5)cc34)ccc2F)nc1. The summed E-state index contributed by atoms with van der Waals surface area (Å²) >= 11 is 0. The van der Waals surface area contributed by atoms with Crippen LogP contribution in [0.1, 0.15) is 59.3 Å². The zero-order valence-corrected chi connectivity index (χ0v) is 22.9. The summed E-state index contributed by atoms with van der Waals surface area (Å²) in [6.45, 7) is 1.20. The molecule has 10 heteroatoms. The molecule has 2 aliphatic heterocycles. The highest BCUT2D eigenvalue weighted by Gasteiger charge is 2.43. The first-order valence-electron chi connectivity index (χ1n) is 14.4. The molecule has 0 spiro atoms. The zero-order valence-electron chi connectivity index (χ0n) is 22.9. The van der Waals surface area contributed by atoms with Gasteiger partial charge in [0.15, 0.2) is 0 Å². The van der Waals surface area contributed by atoms with Crippen LogP contribution in [0.2, 0.25) is 0 Å². The number of pyridine rings is 1. The number of rotatable bonds is 6. The monoisotopic (exact) mass is 564 g/mol. The predicted molar refractivity (Wildman–Crippen MR) is 154 cm³/mol. The van der Waals surface area contributed by atoms with E-state index in [0.29, 0.717) is 47.3 Å². The number of nitrogens with one attached hydrogen (secondary N) is 1. The largest absolute Gasteiger partial charge is 0.490 e. The van der Waals surface area contributed by atoms with Crippen LogP contribution in [0.25, 0.3) is 10.8 Å². The van der Waals surface area contributed by atoms with Crippen molar-refractivity contribution >= 4 is 22.5 Å². The Kier molecular flexibility index (Phi) is 6.57. The van der Waals surface area contributed by atoms with Gasteiger partial charge in [-0.15, -0.1) is 0 Å². The van der Waals surface area contributed by atoms with E-state index in [9.17, 15) is 9.59 Å². The Balaban J connectivity index is 1.13. The highest BCUT2D eigenvalue weighted by atomic mass is 19.1. The van der Waals surface area contributed by atoms with Crippen LogP contribution in [0.5, 0.6) is 5.75 Å². The van der Waals surface area contributed by atoms with Crippen molar-refractivity contribution in [2.75, 3.05) is 18.0 Å². The van der Waals surface area contributed by atoms with E-state index in [1.54, 1.807) is 36.5 Å². The molecule has 4 heterocycles. The van der Waals surface area contributed by atoms with E-state index >= 15 is 4.39 Å². The smallest absolute Gasteiger partial charge is 0.272 e. The molecule has 4 aromatic rings. The van der Waals surface area contributed by atoms with E-state index in [1.807, 2.05) is 17.0 Å². The van der Waals surface area contributed by atoms with Gasteiger partial charge in [-0.3, -0.25) is 9.59 Å². The first kappa shape index (κ1) is 26.1. The van der Waals surface area contributed by atoms with Gasteiger partial charge in [-0.1, -0.05) is 6.07 Å². The molecule has 1 aliphatic carbocycles. The standard InChI is InChI=1S/C32H29FN6O3/c33-28-10-4-19(13-29-26-14-24(42-23-2-1-3-23)8-9-25(26)31(40)37-36-29)12-27(28)32(41)39-21-6-7-22(39)18-38(17-21)30-11-5-20(15-34)16-35-30/h4-5,8-12,14,16,21-23H,1-3,6-7,13,17-18H2,(H,37,40)/t21-,22+. The fourth-order valence-corrected chi connectivity index (χ4v) is 6.33. The predicted octanol–water partition coefficient (Wildman–Crippen LogP) is 4.34. The van der Waals surface area contributed by atoms with Gasteiger partial charge in [-0.2, -0.15) is 10.4 Å². The summed E-state index contributed by atoms with van der Waals surface area (Å²) in [5.41, 5.74) is 1.59. The molecule has 0 radical (unpaired) electrons. The molecule has 2 aromatic heterocycles. The van der Waals surface area contributed by atoms with E-state index in [1.165, 1.54) is 6.07 Å². The normalized spacial score (nSPS) is 19.9. The fraction of sp³-hybridized carbons (Fsp3) is 0.344. The van der Waals surface area contributed by atoms with E-state index < -0.39 is 5.82 Å². The van der Waals surface area contributed by atoms with Crippen molar-refractivity contribution in [1.29, 1.82) is 5.26 Å². The third kappa shape index (κ3) is 4.75. The molecule has 1 amide bonds. The van der Waals surface area contributed by atoms with Gasteiger partial charge in [0.25, 0.3) is 11.5 Å². The number of nitriles is 1. The Bertz CT molecular complexity index is 1760. The van der Waals surface area contributed by atoms with Crippen molar-refractivity contribution < 1.29 is 13.9 Å². The first-order chi connectivity index (χ1) is 20.5. The highest BCUT2D eigenvalue weighted by molar-refractivity contribution is 5.95. The van der Waals surface area contributed by atoms with Crippen LogP contribution in [0.15, 0.2) is 59.5 Å². The van der Waals surface area contributed by atoms with Gasteiger partial charge in [-0.25, -0.2) is 14.5 Å². The van der Waals surface area contributed by atoms with Crippen molar-refractivity contribution in [3.8, 4) is 11.8 Å². The summed E-state index contributed by atoms with van der Waals surface area (Å²) < 4.78 is 21.2. The van der Waals surface area contributed by atoms with E-state index in [0.717, 1.165) is 43.5 Å². The Labute approximate surface area is 241 Å². The number of amides is 1. The third-order valence-corrected chi connectivity index (χ3v) is 8.74. The Morgan fingerprint density at radius 3 is 2.55 bits per heavy atom. The van der Waals surface area contributed by atoms with Gasteiger partial charge >= 0.3 is 0 Å². The summed E-state index contributed by atoms with van der Waals surface area (Å²) in [4.78, 5) is 34.7. The van der Waals surface area contributed by atoms with Crippen LogP contribution in [-0.4, -0.2) is 57.3 Å². The van der Waals surface area contributed by atoms with Gasteiger partial charge < -0.3 is 14.5 Å². The summed E-state index contributed by atoms with van der Waals surface area (Å²) in [6.07, 6.45) is 6.93. The van der Waals surface area contributed by atoms with Crippen LogP contribution in [0.4, 0.5) is 10.2 Å². The van der Waals surface area contributed by atoms with Crippen molar-refractivity contribution in [3.63, 3.8) is 0 Å². The second-order valence-electron chi connectivity index (χ2n) is 11.4. The Morgan fingerprint density at radius 2 is 1.86 bits per heavy atom. The maximum Gasteiger partial charge on any atom is 0.272 e. The molecule has 1 N–H and O–H groups in total. The summed E-state index contributed by atoms with van der Waals surface area (Å²) in [5.74, 6) is 0.592. The fourth-order valence-electron chi connectivity index (χ4n) is 6.33. The van der Waals surface area contributed by atoms with Crippen LogP contribution in [-0.2, 0) is 6.42 Å². The lowest BCUT2D eigenvalue weighted by atomic mass is 9.96. The molecule has 7 rings (SSSR count). The summed E-state index contributed by atoms with van der Waals surface area (Å²) in [7, 11) is 0. The average molecular weight is 565 g/mol. The number of nitrogens with zero attached hydrogens (tertiary/aromatic N) is 5. The molecule has 3 aliphatic rings. The van der Waals surface area contributed by atoms with E-state index in [2.05, 4.69) is 26.2 Å². The number of hydrogen-bond donors (Lipinski definition) is 1. The molecule has 9 nitrogen and oxygen atoms in total. The molecular formula is C32H29FN6O3. The minimum Gasteiger partial charge on any atom is -0.490 e. The molecule has 0 unspecified atom stereocenters. The maximum atomic E-state index is 15.1. The molecule has 2 atom stereocenters. The number of benzene rings is 2. The summed E-state index contributed by atoms with van der Waals surface area (Å²) in [5, 5.41) is 17.1. The second-order valence-corrected chi connectivity index (χ2v) is 11.4. The van der Waals surface area contributed by atoms with Crippen molar-refractivity contribution in [2.24, 2.45) is 0 Å². The van der Waals surface area contributed by atoms with Gasteiger partial charge in [0.05, 0.1) is 40.4 Å². The molecule has 3 fully saturated rings. The third-order valence-electron chi connectivity index (χ3n) is 8.74. The van der Waals surface area contributed by atoms with E-state index in [4.69, 9.17) is 10.00 Å². The van der Waals surface area contributed by atoms with Gasteiger partial charge in [0.2, 0.25) is 0 Å². The number of halogens is 1. The zero-order chi connectivity index (χ0) is 28.8. The number of anilines is 1. The number of ether oxygens (including phenoxy) is 1. The molecule has 2 bridgehead atoms. The quantitative estimate of drug-likeness (QED) is 0.370. The molecular weight excluding hydrogens is 535 g/mol. The number of aromatic nitrogens is 3. The first-order valence-corrected chi connectivity index (χ1v) is 14.4. The molecule has 42 heavy (non-hydrogen) atoms. The minimum absolute atomic E-state index is 0.0390. The second kappa shape index (κ2) is 10.6.